The molecule has 1 aliphatic rings. The summed E-state index contributed by atoms with van der Waals surface area (Å²) in [5.74, 6) is 0.193. The van der Waals surface area contributed by atoms with Gasteiger partial charge in [0.1, 0.15) is 23.4 Å². The van der Waals surface area contributed by atoms with Gasteiger partial charge in [-0.1, -0.05) is 54.6 Å². The lowest BCUT2D eigenvalue weighted by molar-refractivity contribution is 0.0656. The molecule has 0 spiro atoms. The molecule has 0 aliphatic carbocycles. The predicted octanol–water partition coefficient (Wildman–Crippen LogP) is 5.62. The van der Waals surface area contributed by atoms with Gasteiger partial charge in [0.05, 0.1) is 22.4 Å². The summed E-state index contributed by atoms with van der Waals surface area (Å²) in [6.07, 6.45) is 2.21. The normalized spacial score (nSPS) is 13.0. The lowest BCUT2D eigenvalue weighted by Gasteiger charge is -2.12. The Balaban J connectivity index is 1.22. The third-order valence-electron chi connectivity index (χ3n) is 5.81. The van der Waals surface area contributed by atoms with Crippen LogP contribution in [0.2, 0.25) is 0 Å². The fraction of sp³-hybridized carbons (Fsp3) is 0.103. The first kappa shape index (κ1) is 23.2. The molecule has 0 atom stereocenters. The second-order valence-electron chi connectivity index (χ2n) is 8.21. The predicted molar refractivity (Wildman–Crippen MR) is 138 cm³/mol. The SMILES string of the molecule is N#C/C(=C/c1ccc(OCc2ccccc2)cc1)c1nc(CCN2C(=O)c3ccccc3C2=O)cs1. The molecule has 0 saturated carbocycles. The topological polar surface area (TPSA) is 83.3 Å². The van der Waals surface area contributed by atoms with Gasteiger partial charge in [0.25, 0.3) is 11.8 Å². The van der Waals surface area contributed by atoms with Crippen molar-refractivity contribution >= 4 is 34.8 Å². The van der Waals surface area contributed by atoms with Crippen molar-refractivity contribution in [1.82, 2.24) is 9.88 Å². The first-order valence-electron chi connectivity index (χ1n) is 11.4. The van der Waals surface area contributed by atoms with Gasteiger partial charge in [0, 0.05) is 18.3 Å². The van der Waals surface area contributed by atoms with Crippen LogP contribution in [-0.2, 0) is 13.0 Å². The van der Waals surface area contributed by atoms with Gasteiger partial charge in [0.2, 0.25) is 0 Å². The van der Waals surface area contributed by atoms with E-state index in [0.29, 0.717) is 34.7 Å². The zero-order chi connectivity index (χ0) is 24.9. The minimum absolute atomic E-state index is 0.242. The zero-order valence-electron chi connectivity index (χ0n) is 19.3. The molecule has 176 valence electrons. The number of carbonyl (C=O) groups is 2. The van der Waals surface area contributed by atoms with E-state index in [9.17, 15) is 14.9 Å². The van der Waals surface area contributed by atoms with Gasteiger partial charge in [-0.15, -0.1) is 11.3 Å². The molecular formula is C29H21N3O3S. The summed E-state index contributed by atoms with van der Waals surface area (Å²) in [5, 5.41) is 12.2. The second kappa shape index (κ2) is 10.4. The molecule has 0 N–H and O–H groups in total. The van der Waals surface area contributed by atoms with Crippen LogP contribution in [0, 0.1) is 11.3 Å². The quantitative estimate of drug-likeness (QED) is 0.236. The number of benzene rings is 3. The number of allylic oxidation sites excluding steroid dienone is 1. The average molecular weight is 492 g/mol. The molecule has 0 fully saturated rings. The van der Waals surface area contributed by atoms with Crippen molar-refractivity contribution in [3.8, 4) is 11.8 Å². The number of nitriles is 1. The minimum Gasteiger partial charge on any atom is -0.489 e. The molecule has 7 heteroatoms. The summed E-state index contributed by atoms with van der Waals surface area (Å²) in [5.41, 5.74) is 4.01. The van der Waals surface area contributed by atoms with E-state index >= 15 is 0 Å². The number of carbonyl (C=O) groups excluding carboxylic acids is 2. The van der Waals surface area contributed by atoms with Crippen molar-refractivity contribution in [2.75, 3.05) is 6.54 Å². The van der Waals surface area contributed by atoms with Crippen molar-refractivity contribution in [2.24, 2.45) is 0 Å². The largest absolute Gasteiger partial charge is 0.489 e. The van der Waals surface area contributed by atoms with Crippen molar-refractivity contribution in [1.29, 1.82) is 5.26 Å². The Morgan fingerprint density at radius 2 is 1.61 bits per heavy atom. The van der Waals surface area contributed by atoms with Crippen molar-refractivity contribution in [3.63, 3.8) is 0 Å². The first-order chi connectivity index (χ1) is 17.6. The minimum atomic E-state index is -0.278. The Kier molecular flexibility index (Phi) is 6.69. The van der Waals surface area contributed by atoms with E-state index in [1.54, 1.807) is 30.3 Å². The molecule has 0 unspecified atom stereocenters. The molecule has 0 saturated heterocycles. The third kappa shape index (κ3) is 4.95. The van der Waals surface area contributed by atoms with E-state index in [4.69, 9.17) is 4.74 Å². The second-order valence-corrected chi connectivity index (χ2v) is 9.07. The molecule has 4 aromatic rings. The van der Waals surface area contributed by atoms with E-state index in [2.05, 4.69) is 11.1 Å². The maximum Gasteiger partial charge on any atom is 0.261 e. The maximum absolute atomic E-state index is 12.6. The number of hydrogen-bond acceptors (Lipinski definition) is 6. The highest BCUT2D eigenvalue weighted by molar-refractivity contribution is 7.11. The Bertz CT molecular complexity index is 1450. The molecule has 3 aromatic carbocycles. The smallest absolute Gasteiger partial charge is 0.261 e. The Morgan fingerprint density at radius 3 is 2.28 bits per heavy atom. The van der Waals surface area contributed by atoms with Gasteiger partial charge < -0.3 is 4.74 Å². The summed E-state index contributed by atoms with van der Waals surface area (Å²) in [6.45, 7) is 0.730. The van der Waals surface area contributed by atoms with Crippen LogP contribution in [0.1, 0.15) is 42.5 Å². The van der Waals surface area contributed by atoms with Crippen LogP contribution < -0.4 is 4.74 Å². The Morgan fingerprint density at radius 1 is 0.944 bits per heavy atom. The fourth-order valence-electron chi connectivity index (χ4n) is 3.92. The van der Waals surface area contributed by atoms with Gasteiger partial charge in [-0.05, 0) is 41.5 Å². The van der Waals surface area contributed by atoms with Gasteiger partial charge >= 0.3 is 0 Å². The third-order valence-corrected chi connectivity index (χ3v) is 6.74. The number of hydrogen-bond donors (Lipinski definition) is 0. The molecule has 2 amide bonds. The van der Waals surface area contributed by atoms with Crippen LogP contribution in [0.5, 0.6) is 5.75 Å². The molecule has 2 heterocycles. The molecule has 0 radical (unpaired) electrons. The molecule has 1 aliphatic heterocycles. The highest BCUT2D eigenvalue weighted by Gasteiger charge is 2.34. The Labute approximate surface area is 212 Å². The Hall–Kier alpha value is -4.54. The zero-order valence-corrected chi connectivity index (χ0v) is 20.1. The molecule has 5 rings (SSSR count). The number of fused-ring (bicyclic) bond motifs is 1. The first-order valence-corrected chi connectivity index (χ1v) is 12.3. The summed E-state index contributed by atoms with van der Waals surface area (Å²) < 4.78 is 5.82. The lowest BCUT2D eigenvalue weighted by atomic mass is 10.1. The fourth-order valence-corrected chi connectivity index (χ4v) is 4.74. The van der Waals surface area contributed by atoms with E-state index in [1.807, 2.05) is 60.0 Å². The number of amides is 2. The molecule has 1 aromatic heterocycles. The van der Waals surface area contributed by atoms with Gasteiger partial charge in [-0.3, -0.25) is 14.5 Å². The number of imide groups is 1. The maximum atomic E-state index is 12.6. The van der Waals surface area contributed by atoms with Gasteiger partial charge in [-0.2, -0.15) is 5.26 Å². The molecular weight excluding hydrogens is 470 g/mol. The average Bonchev–Trinajstić information content (AvgIpc) is 3.49. The number of rotatable bonds is 8. The van der Waals surface area contributed by atoms with E-state index in [0.717, 1.165) is 22.6 Å². The monoisotopic (exact) mass is 491 g/mol. The number of thiazole rings is 1. The lowest BCUT2D eigenvalue weighted by Crippen LogP contribution is -2.31. The van der Waals surface area contributed by atoms with Crippen molar-refractivity contribution in [2.45, 2.75) is 13.0 Å². The van der Waals surface area contributed by atoms with Crippen LogP contribution in [0.3, 0.4) is 0 Å². The molecule has 36 heavy (non-hydrogen) atoms. The van der Waals surface area contributed by atoms with E-state index < -0.39 is 0 Å². The number of ether oxygens (including phenoxy) is 1. The van der Waals surface area contributed by atoms with Gasteiger partial charge in [0.15, 0.2) is 0 Å². The summed E-state index contributed by atoms with van der Waals surface area (Å²) >= 11 is 1.37. The summed E-state index contributed by atoms with van der Waals surface area (Å²) in [4.78, 5) is 30.9. The summed E-state index contributed by atoms with van der Waals surface area (Å²) in [7, 11) is 0. The van der Waals surface area contributed by atoms with E-state index in [1.165, 1.54) is 16.2 Å². The molecule has 6 nitrogen and oxygen atoms in total. The number of aromatic nitrogens is 1. The van der Waals surface area contributed by atoms with E-state index in [-0.39, 0.29) is 18.4 Å². The van der Waals surface area contributed by atoms with Crippen LogP contribution in [0.25, 0.3) is 11.6 Å². The number of nitrogens with zero attached hydrogens (tertiary/aromatic N) is 3. The van der Waals surface area contributed by atoms with Crippen LogP contribution >= 0.6 is 11.3 Å². The van der Waals surface area contributed by atoms with Crippen LogP contribution in [0.4, 0.5) is 0 Å². The summed E-state index contributed by atoms with van der Waals surface area (Å²) in [6, 6.07) is 26.6. The van der Waals surface area contributed by atoms with Crippen LogP contribution in [-0.4, -0.2) is 28.2 Å². The van der Waals surface area contributed by atoms with Crippen LogP contribution in [0.15, 0.2) is 84.2 Å². The molecule has 0 bridgehead atoms. The van der Waals surface area contributed by atoms with Crippen molar-refractivity contribution < 1.29 is 14.3 Å². The van der Waals surface area contributed by atoms with Crippen molar-refractivity contribution in [3.05, 3.63) is 117 Å². The highest BCUT2D eigenvalue weighted by Crippen LogP contribution is 2.25. The van der Waals surface area contributed by atoms with Gasteiger partial charge in [-0.25, -0.2) is 4.98 Å². The highest BCUT2D eigenvalue weighted by atomic mass is 32.1. The standard InChI is InChI=1S/C29H21N3O3S/c30-17-22(16-20-10-12-24(13-11-20)35-18-21-6-2-1-3-7-21)27-31-23(19-36-27)14-15-32-28(33)25-8-4-5-9-26(25)29(32)34/h1-13,16,19H,14-15,18H2/b22-16-.